The van der Waals surface area contributed by atoms with E-state index in [1.54, 1.807) is 6.20 Å². The standard InChI is InChI=1S/C15H19N5O2/c1-2-4-12-14-16-7-10-19(14)8-3-9-20(12)15(22)11-5-6-13(21)18-17-11/h5-7,10,12H,2-4,8-9H2,1H3,(H,18,21). The molecule has 0 bridgehead atoms. The Morgan fingerprint density at radius 2 is 2.27 bits per heavy atom. The van der Waals surface area contributed by atoms with Gasteiger partial charge in [0.2, 0.25) is 0 Å². The lowest BCUT2D eigenvalue weighted by atomic mass is 10.1. The Hall–Kier alpha value is -2.44. The minimum atomic E-state index is -0.312. The van der Waals surface area contributed by atoms with Gasteiger partial charge < -0.3 is 9.47 Å². The van der Waals surface area contributed by atoms with Crippen LogP contribution in [0, 0.1) is 0 Å². The highest BCUT2D eigenvalue weighted by Crippen LogP contribution is 2.28. The fourth-order valence-corrected chi connectivity index (χ4v) is 2.93. The number of H-pyrrole nitrogens is 1. The molecule has 0 radical (unpaired) electrons. The Kier molecular flexibility index (Phi) is 4.04. The van der Waals surface area contributed by atoms with Gasteiger partial charge in [0, 0.05) is 31.5 Å². The summed E-state index contributed by atoms with van der Waals surface area (Å²) in [7, 11) is 0. The van der Waals surface area contributed by atoms with Gasteiger partial charge in [-0.1, -0.05) is 13.3 Å². The zero-order valence-corrected chi connectivity index (χ0v) is 12.5. The van der Waals surface area contributed by atoms with Crippen molar-refractivity contribution in [2.45, 2.75) is 38.8 Å². The lowest BCUT2D eigenvalue weighted by Gasteiger charge is -2.28. The van der Waals surface area contributed by atoms with Crippen molar-refractivity contribution in [3.8, 4) is 0 Å². The highest BCUT2D eigenvalue weighted by molar-refractivity contribution is 5.92. The molecule has 1 atom stereocenters. The quantitative estimate of drug-likeness (QED) is 0.927. The van der Waals surface area contributed by atoms with E-state index in [2.05, 4.69) is 26.7 Å². The van der Waals surface area contributed by atoms with Gasteiger partial charge in [0.1, 0.15) is 11.5 Å². The average Bonchev–Trinajstić information content (AvgIpc) is 2.92. The number of imidazole rings is 1. The van der Waals surface area contributed by atoms with Gasteiger partial charge in [0.15, 0.2) is 0 Å². The summed E-state index contributed by atoms with van der Waals surface area (Å²) in [5.74, 6) is 0.767. The van der Waals surface area contributed by atoms with Crippen LogP contribution in [0.5, 0.6) is 0 Å². The fourth-order valence-electron chi connectivity index (χ4n) is 2.93. The molecule has 2 aromatic rings. The molecule has 1 unspecified atom stereocenters. The SMILES string of the molecule is CCCC1c2nccn2CCCN1C(=O)c1ccc(=O)[nH]n1. The van der Waals surface area contributed by atoms with Crippen molar-refractivity contribution < 1.29 is 4.79 Å². The second-order valence-electron chi connectivity index (χ2n) is 5.44. The Balaban J connectivity index is 1.95. The number of amides is 1. The van der Waals surface area contributed by atoms with Crippen LogP contribution < -0.4 is 5.56 Å². The van der Waals surface area contributed by atoms with Gasteiger partial charge in [-0.3, -0.25) is 9.59 Å². The third kappa shape index (κ3) is 2.66. The van der Waals surface area contributed by atoms with Crippen LogP contribution in [0.3, 0.4) is 0 Å². The van der Waals surface area contributed by atoms with Gasteiger partial charge in [-0.25, -0.2) is 10.1 Å². The van der Waals surface area contributed by atoms with Crippen molar-refractivity contribution in [1.82, 2.24) is 24.6 Å². The normalized spacial score (nSPS) is 17.9. The minimum absolute atomic E-state index is 0.0521. The van der Waals surface area contributed by atoms with Gasteiger partial charge in [-0.15, -0.1) is 0 Å². The van der Waals surface area contributed by atoms with Crippen LogP contribution in [0.25, 0.3) is 0 Å². The zero-order chi connectivity index (χ0) is 15.5. The van der Waals surface area contributed by atoms with Gasteiger partial charge >= 0.3 is 0 Å². The van der Waals surface area contributed by atoms with E-state index >= 15 is 0 Å². The molecule has 0 aromatic carbocycles. The summed E-state index contributed by atoms with van der Waals surface area (Å²) in [6, 6.07) is 2.75. The van der Waals surface area contributed by atoms with E-state index in [0.717, 1.165) is 31.6 Å². The van der Waals surface area contributed by atoms with Crippen molar-refractivity contribution in [2.24, 2.45) is 0 Å². The smallest absolute Gasteiger partial charge is 0.274 e. The maximum atomic E-state index is 12.8. The number of aromatic nitrogens is 4. The lowest BCUT2D eigenvalue weighted by Crippen LogP contribution is -2.36. The van der Waals surface area contributed by atoms with Crippen LogP contribution >= 0.6 is 0 Å². The minimum Gasteiger partial charge on any atom is -0.333 e. The van der Waals surface area contributed by atoms with Crippen LogP contribution in [0.1, 0.15) is 48.5 Å². The van der Waals surface area contributed by atoms with Crippen molar-refractivity contribution >= 4 is 5.91 Å². The maximum Gasteiger partial charge on any atom is 0.274 e. The summed E-state index contributed by atoms with van der Waals surface area (Å²) in [6.45, 7) is 3.62. The number of aryl methyl sites for hydroxylation is 1. The van der Waals surface area contributed by atoms with E-state index in [4.69, 9.17) is 0 Å². The van der Waals surface area contributed by atoms with Crippen molar-refractivity contribution in [1.29, 1.82) is 0 Å². The molecule has 3 heterocycles. The molecule has 1 amide bonds. The van der Waals surface area contributed by atoms with Gasteiger partial charge in [0.05, 0.1) is 6.04 Å². The molecule has 22 heavy (non-hydrogen) atoms. The first kappa shape index (κ1) is 14.5. The van der Waals surface area contributed by atoms with Crippen molar-refractivity contribution in [3.63, 3.8) is 0 Å². The number of aromatic amines is 1. The molecule has 3 rings (SSSR count). The molecular weight excluding hydrogens is 282 g/mol. The second kappa shape index (κ2) is 6.13. The van der Waals surface area contributed by atoms with E-state index in [1.807, 2.05) is 11.1 Å². The van der Waals surface area contributed by atoms with E-state index in [9.17, 15) is 9.59 Å². The monoisotopic (exact) mass is 301 g/mol. The summed E-state index contributed by atoms with van der Waals surface area (Å²) in [5, 5.41) is 6.19. The molecule has 0 spiro atoms. The fraction of sp³-hybridized carbons (Fsp3) is 0.467. The van der Waals surface area contributed by atoms with Crippen LogP contribution in [-0.2, 0) is 6.54 Å². The first-order valence-electron chi connectivity index (χ1n) is 7.58. The number of nitrogens with zero attached hydrogens (tertiary/aromatic N) is 4. The van der Waals surface area contributed by atoms with Gasteiger partial charge in [-0.05, 0) is 18.9 Å². The van der Waals surface area contributed by atoms with Crippen molar-refractivity contribution in [3.05, 3.63) is 46.4 Å². The van der Waals surface area contributed by atoms with E-state index < -0.39 is 0 Å². The Labute approximate surface area is 128 Å². The summed E-state index contributed by atoms with van der Waals surface area (Å²) in [5.41, 5.74) is -0.0474. The molecule has 116 valence electrons. The number of fused-ring (bicyclic) bond motifs is 1. The molecule has 7 nitrogen and oxygen atoms in total. The molecule has 1 aliphatic rings. The van der Waals surface area contributed by atoms with Crippen LogP contribution in [-0.4, -0.2) is 37.1 Å². The first-order valence-corrected chi connectivity index (χ1v) is 7.58. The molecule has 2 aromatic heterocycles. The van der Waals surface area contributed by atoms with Gasteiger partial charge in [0.25, 0.3) is 11.5 Å². The summed E-state index contributed by atoms with van der Waals surface area (Å²) < 4.78 is 2.12. The molecule has 7 heteroatoms. The molecule has 0 saturated heterocycles. The van der Waals surface area contributed by atoms with Crippen LogP contribution in [0.4, 0.5) is 0 Å². The van der Waals surface area contributed by atoms with E-state index in [1.165, 1.54) is 12.1 Å². The number of nitrogens with one attached hydrogen (secondary N) is 1. The number of rotatable bonds is 3. The third-order valence-corrected chi connectivity index (χ3v) is 3.94. The molecule has 0 aliphatic carbocycles. The Bertz CT molecular complexity index is 700. The predicted octanol–water partition coefficient (Wildman–Crippen LogP) is 1.35. The number of hydrogen-bond acceptors (Lipinski definition) is 4. The highest BCUT2D eigenvalue weighted by atomic mass is 16.2. The third-order valence-electron chi connectivity index (χ3n) is 3.94. The average molecular weight is 301 g/mol. The molecule has 1 N–H and O–H groups in total. The maximum absolute atomic E-state index is 12.8. The Morgan fingerprint density at radius 3 is 3.00 bits per heavy atom. The van der Waals surface area contributed by atoms with Crippen molar-refractivity contribution in [2.75, 3.05) is 6.54 Å². The lowest BCUT2D eigenvalue weighted by molar-refractivity contribution is 0.0657. The number of carbonyl (C=O) groups is 1. The summed E-state index contributed by atoms with van der Waals surface area (Å²) in [6.07, 6.45) is 6.43. The summed E-state index contributed by atoms with van der Waals surface area (Å²) >= 11 is 0. The molecule has 1 aliphatic heterocycles. The van der Waals surface area contributed by atoms with Crippen LogP contribution in [0.2, 0.25) is 0 Å². The number of carbonyl (C=O) groups excluding carboxylic acids is 1. The predicted molar refractivity (Wildman–Crippen MR) is 80.4 cm³/mol. The molecule has 0 fully saturated rings. The van der Waals surface area contributed by atoms with E-state index in [-0.39, 0.29) is 23.2 Å². The van der Waals surface area contributed by atoms with E-state index in [0.29, 0.717) is 6.54 Å². The molecular formula is C15H19N5O2. The van der Waals surface area contributed by atoms with Gasteiger partial charge in [-0.2, -0.15) is 5.10 Å². The number of hydrogen-bond donors (Lipinski definition) is 1. The largest absolute Gasteiger partial charge is 0.333 e. The topological polar surface area (TPSA) is 83.9 Å². The highest BCUT2D eigenvalue weighted by Gasteiger charge is 2.31. The Morgan fingerprint density at radius 1 is 1.41 bits per heavy atom. The zero-order valence-electron chi connectivity index (χ0n) is 12.5. The molecule has 0 saturated carbocycles. The first-order chi connectivity index (χ1) is 10.7. The van der Waals surface area contributed by atoms with Crippen LogP contribution in [0.15, 0.2) is 29.3 Å². The summed E-state index contributed by atoms with van der Waals surface area (Å²) in [4.78, 5) is 30.2. The second-order valence-corrected chi connectivity index (χ2v) is 5.44.